The lowest BCUT2D eigenvalue weighted by Crippen LogP contribution is -2.40. The maximum Gasteiger partial charge on any atom is 0.311 e. The van der Waals surface area contributed by atoms with Crippen molar-refractivity contribution in [1.82, 2.24) is 9.88 Å². The van der Waals surface area contributed by atoms with Crippen LogP contribution < -0.4 is 4.90 Å². The van der Waals surface area contributed by atoms with Crippen LogP contribution in [0.3, 0.4) is 0 Å². The van der Waals surface area contributed by atoms with E-state index >= 15 is 0 Å². The normalized spacial score (nSPS) is 19.3. The van der Waals surface area contributed by atoms with E-state index in [9.17, 15) is 14.7 Å². The molecule has 1 aromatic heterocycles. The van der Waals surface area contributed by atoms with E-state index in [0.717, 1.165) is 11.5 Å². The number of carboxylic acids is 1. The van der Waals surface area contributed by atoms with Crippen LogP contribution >= 0.6 is 0 Å². The quantitative estimate of drug-likeness (QED) is 0.876. The van der Waals surface area contributed by atoms with E-state index in [1.54, 1.807) is 17.2 Å². The van der Waals surface area contributed by atoms with Gasteiger partial charge in [0.1, 0.15) is 5.82 Å². The molecule has 1 amide bonds. The second-order valence-electron chi connectivity index (χ2n) is 7.39. The third-order valence-corrected chi connectivity index (χ3v) is 5.60. The number of carboxylic acid groups (broad SMARTS) is 1. The van der Waals surface area contributed by atoms with Crippen molar-refractivity contribution in [2.45, 2.75) is 20.3 Å². The minimum absolute atomic E-state index is 0.0344. The summed E-state index contributed by atoms with van der Waals surface area (Å²) in [5.74, 6) is -0.292. The molecule has 0 aliphatic carbocycles. The molecule has 2 aromatic rings. The maximum atomic E-state index is 12.8. The van der Waals surface area contributed by atoms with Gasteiger partial charge in [0, 0.05) is 32.0 Å². The summed E-state index contributed by atoms with van der Waals surface area (Å²) in [6.45, 7) is 4.50. The van der Waals surface area contributed by atoms with Gasteiger partial charge < -0.3 is 14.9 Å². The van der Waals surface area contributed by atoms with Crippen LogP contribution in [0.5, 0.6) is 0 Å². The molecule has 1 saturated heterocycles. The SMILES string of the molecule is CC(C)C1(C(=O)O)CCN(C(=O)c2ccc(N(C)c3ccccc3)nc2)C1. The second-order valence-corrected chi connectivity index (χ2v) is 7.39. The van der Waals surface area contributed by atoms with Crippen LogP contribution in [-0.4, -0.2) is 47.0 Å². The maximum absolute atomic E-state index is 12.8. The minimum atomic E-state index is -0.865. The Balaban J connectivity index is 1.74. The average molecular weight is 367 g/mol. The van der Waals surface area contributed by atoms with Crippen LogP contribution in [0.2, 0.25) is 0 Å². The molecule has 2 heterocycles. The highest BCUT2D eigenvalue weighted by molar-refractivity contribution is 5.95. The van der Waals surface area contributed by atoms with E-state index < -0.39 is 11.4 Å². The Morgan fingerprint density at radius 3 is 2.41 bits per heavy atom. The molecule has 27 heavy (non-hydrogen) atoms. The number of amides is 1. The van der Waals surface area contributed by atoms with Crippen LogP contribution in [0.1, 0.15) is 30.6 Å². The number of para-hydroxylation sites is 1. The molecule has 1 aliphatic rings. The summed E-state index contributed by atoms with van der Waals surface area (Å²) in [5, 5.41) is 9.65. The zero-order valence-electron chi connectivity index (χ0n) is 15.9. The number of pyridine rings is 1. The Morgan fingerprint density at radius 1 is 1.19 bits per heavy atom. The fraction of sp³-hybridized carbons (Fsp3) is 0.381. The highest BCUT2D eigenvalue weighted by atomic mass is 16.4. The molecular formula is C21H25N3O3. The van der Waals surface area contributed by atoms with Crippen molar-refractivity contribution in [3.63, 3.8) is 0 Å². The molecule has 0 radical (unpaired) electrons. The van der Waals surface area contributed by atoms with Crippen molar-refractivity contribution < 1.29 is 14.7 Å². The lowest BCUT2D eigenvalue weighted by atomic mass is 9.76. The highest BCUT2D eigenvalue weighted by Crippen LogP contribution is 2.38. The molecule has 3 rings (SSSR count). The zero-order valence-corrected chi connectivity index (χ0v) is 15.9. The molecule has 1 aromatic carbocycles. The van der Waals surface area contributed by atoms with E-state index in [1.165, 1.54) is 0 Å². The average Bonchev–Trinajstić information content (AvgIpc) is 3.15. The summed E-state index contributed by atoms with van der Waals surface area (Å²) in [6.07, 6.45) is 2.04. The molecule has 0 bridgehead atoms. The van der Waals surface area contributed by atoms with E-state index in [4.69, 9.17) is 0 Å². The number of carbonyl (C=O) groups excluding carboxylic acids is 1. The van der Waals surface area contributed by atoms with Crippen LogP contribution in [0, 0.1) is 11.3 Å². The first-order valence-corrected chi connectivity index (χ1v) is 9.12. The van der Waals surface area contributed by atoms with Gasteiger partial charge in [-0.05, 0) is 36.6 Å². The Bertz CT molecular complexity index is 820. The smallest absolute Gasteiger partial charge is 0.311 e. The van der Waals surface area contributed by atoms with Crippen LogP contribution in [0.4, 0.5) is 11.5 Å². The van der Waals surface area contributed by atoms with Gasteiger partial charge in [0.05, 0.1) is 11.0 Å². The monoisotopic (exact) mass is 367 g/mol. The number of carbonyl (C=O) groups is 2. The van der Waals surface area contributed by atoms with Gasteiger partial charge in [-0.1, -0.05) is 32.0 Å². The summed E-state index contributed by atoms with van der Waals surface area (Å²) < 4.78 is 0. The summed E-state index contributed by atoms with van der Waals surface area (Å²) in [5.41, 5.74) is 0.619. The number of hydrogen-bond donors (Lipinski definition) is 1. The van der Waals surface area contributed by atoms with Gasteiger partial charge >= 0.3 is 5.97 Å². The Morgan fingerprint density at radius 2 is 1.89 bits per heavy atom. The van der Waals surface area contributed by atoms with Gasteiger partial charge in [0.25, 0.3) is 5.91 Å². The summed E-state index contributed by atoms with van der Waals surface area (Å²) >= 11 is 0. The van der Waals surface area contributed by atoms with Crippen molar-refractivity contribution >= 4 is 23.4 Å². The lowest BCUT2D eigenvalue weighted by Gasteiger charge is -2.28. The van der Waals surface area contributed by atoms with Gasteiger partial charge in [-0.15, -0.1) is 0 Å². The van der Waals surface area contributed by atoms with E-state index in [2.05, 4.69) is 4.98 Å². The van der Waals surface area contributed by atoms with Gasteiger partial charge in [-0.2, -0.15) is 0 Å². The zero-order chi connectivity index (χ0) is 19.6. The molecule has 1 atom stereocenters. The van der Waals surface area contributed by atoms with E-state index in [1.807, 2.05) is 62.2 Å². The Labute approximate surface area is 159 Å². The number of anilines is 2. The molecule has 0 spiro atoms. The largest absolute Gasteiger partial charge is 0.481 e. The van der Waals surface area contributed by atoms with Crippen molar-refractivity contribution in [2.24, 2.45) is 11.3 Å². The summed E-state index contributed by atoms with van der Waals surface area (Å²) in [4.78, 5) is 32.6. The molecule has 1 N–H and O–H groups in total. The molecular weight excluding hydrogens is 342 g/mol. The van der Waals surface area contributed by atoms with Crippen molar-refractivity contribution in [2.75, 3.05) is 25.0 Å². The Kier molecular flexibility index (Phi) is 5.17. The van der Waals surface area contributed by atoms with E-state index in [-0.39, 0.29) is 18.4 Å². The number of likely N-dealkylation sites (tertiary alicyclic amines) is 1. The molecule has 6 heteroatoms. The van der Waals surface area contributed by atoms with Gasteiger partial charge in [-0.25, -0.2) is 4.98 Å². The van der Waals surface area contributed by atoms with Crippen molar-refractivity contribution in [3.8, 4) is 0 Å². The first-order chi connectivity index (χ1) is 12.8. The predicted molar refractivity (Wildman–Crippen MR) is 104 cm³/mol. The van der Waals surface area contributed by atoms with Crippen molar-refractivity contribution in [3.05, 3.63) is 54.2 Å². The number of rotatable bonds is 5. The molecule has 142 valence electrons. The minimum Gasteiger partial charge on any atom is -0.481 e. The topological polar surface area (TPSA) is 73.7 Å². The van der Waals surface area contributed by atoms with Crippen LogP contribution in [0.25, 0.3) is 0 Å². The molecule has 0 saturated carbocycles. The summed E-state index contributed by atoms with van der Waals surface area (Å²) in [7, 11) is 1.92. The highest BCUT2D eigenvalue weighted by Gasteiger charge is 2.48. The molecule has 6 nitrogen and oxygen atoms in total. The third-order valence-electron chi connectivity index (χ3n) is 5.60. The van der Waals surface area contributed by atoms with Crippen LogP contribution in [-0.2, 0) is 4.79 Å². The standard InChI is InChI=1S/C21H25N3O3/c1-15(2)21(20(26)27)11-12-24(14-21)19(25)16-9-10-18(22-13-16)23(3)17-7-5-4-6-8-17/h4-10,13,15H,11-12,14H2,1-3H3,(H,26,27). The lowest BCUT2D eigenvalue weighted by molar-refractivity contribution is -0.150. The predicted octanol–water partition coefficient (Wildman–Crippen LogP) is 3.42. The first-order valence-electron chi connectivity index (χ1n) is 9.12. The Hall–Kier alpha value is -2.89. The fourth-order valence-electron chi connectivity index (χ4n) is 3.58. The molecule has 1 fully saturated rings. The van der Waals surface area contributed by atoms with Crippen LogP contribution in [0.15, 0.2) is 48.7 Å². The number of nitrogens with zero attached hydrogens (tertiary/aromatic N) is 3. The first kappa shape index (κ1) is 18.9. The number of hydrogen-bond acceptors (Lipinski definition) is 4. The van der Waals surface area contributed by atoms with E-state index in [0.29, 0.717) is 18.5 Å². The number of aliphatic carboxylic acids is 1. The third kappa shape index (κ3) is 3.52. The fourth-order valence-corrected chi connectivity index (χ4v) is 3.58. The van der Waals surface area contributed by atoms with Crippen molar-refractivity contribution in [1.29, 1.82) is 0 Å². The number of benzene rings is 1. The molecule has 1 unspecified atom stereocenters. The number of aromatic nitrogens is 1. The summed E-state index contributed by atoms with van der Waals surface area (Å²) in [6, 6.07) is 13.4. The second kappa shape index (κ2) is 7.39. The molecule has 1 aliphatic heterocycles. The van der Waals surface area contributed by atoms with Gasteiger partial charge in [0.2, 0.25) is 0 Å². The van der Waals surface area contributed by atoms with Gasteiger partial charge in [0.15, 0.2) is 0 Å². The van der Waals surface area contributed by atoms with Gasteiger partial charge in [-0.3, -0.25) is 9.59 Å².